The summed E-state index contributed by atoms with van der Waals surface area (Å²) in [5.41, 5.74) is 2.58. The van der Waals surface area contributed by atoms with Gasteiger partial charge in [-0.25, -0.2) is 14.8 Å². The third-order valence-electron chi connectivity index (χ3n) is 5.40. The average molecular weight is 597 g/mol. The number of benzene rings is 2. The molecule has 12 heteroatoms. The summed E-state index contributed by atoms with van der Waals surface area (Å²) in [5.74, 6) is 0.593. The van der Waals surface area contributed by atoms with Crippen molar-refractivity contribution in [2.75, 3.05) is 23.8 Å². The van der Waals surface area contributed by atoms with Crippen LogP contribution in [0.15, 0.2) is 66.9 Å². The molecule has 3 amide bonds. The van der Waals surface area contributed by atoms with Gasteiger partial charge in [0.05, 0.1) is 17.3 Å². The normalized spacial score (nSPS) is 10.1. The molecule has 0 bridgehead atoms. The van der Waals surface area contributed by atoms with Crippen LogP contribution in [-0.2, 0) is 11.4 Å². The molecule has 0 aliphatic rings. The molecule has 38 heavy (non-hydrogen) atoms. The molecular weight excluding hydrogens is 572 g/mol. The Morgan fingerprint density at radius 2 is 1.79 bits per heavy atom. The zero-order valence-electron chi connectivity index (χ0n) is 20.4. The summed E-state index contributed by atoms with van der Waals surface area (Å²) in [6, 6.07) is 17.4. The van der Waals surface area contributed by atoms with Gasteiger partial charge < -0.3 is 15.0 Å². The van der Waals surface area contributed by atoms with Gasteiger partial charge in [-0.3, -0.25) is 10.1 Å². The second-order valence-electron chi connectivity index (χ2n) is 7.90. The number of hydrogen-bond acceptors (Lipinski definition) is 5. The Morgan fingerprint density at radius 1 is 1.00 bits per heavy atom. The van der Waals surface area contributed by atoms with Crippen molar-refractivity contribution in [3.63, 3.8) is 0 Å². The molecule has 0 unspecified atom stereocenters. The molecule has 0 aliphatic carbocycles. The maximum atomic E-state index is 12.7. The summed E-state index contributed by atoms with van der Waals surface area (Å²) >= 11 is 13.1. The van der Waals surface area contributed by atoms with Crippen LogP contribution in [0.4, 0.5) is 16.3 Å². The van der Waals surface area contributed by atoms with E-state index >= 15 is 0 Å². The number of aryl methyl sites for hydroxylation is 1. The summed E-state index contributed by atoms with van der Waals surface area (Å²) in [4.78, 5) is 34.8. The topological polar surface area (TPSA) is 96.5 Å². The van der Waals surface area contributed by atoms with E-state index in [0.29, 0.717) is 27.8 Å². The van der Waals surface area contributed by atoms with Gasteiger partial charge in [0.25, 0.3) is 0 Å². The average Bonchev–Trinajstić information content (AvgIpc) is 2.87. The van der Waals surface area contributed by atoms with E-state index in [9.17, 15) is 9.59 Å². The predicted octanol–water partition coefficient (Wildman–Crippen LogP) is 6.45. The number of aromatic nitrogens is 2. The fraction of sp³-hybridized carbons (Fsp3) is 0.154. The zero-order chi connectivity index (χ0) is 25.7. The van der Waals surface area contributed by atoms with Gasteiger partial charge >= 0.3 is 6.03 Å². The molecule has 4 rings (SSSR count). The van der Waals surface area contributed by atoms with Crippen molar-refractivity contribution in [3.8, 4) is 5.75 Å². The van der Waals surface area contributed by atoms with Gasteiger partial charge in [-0.05, 0) is 43.3 Å². The summed E-state index contributed by atoms with van der Waals surface area (Å²) in [5, 5.41) is 6.70. The highest BCUT2D eigenvalue weighted by molar-refractivity contribution is 6.38. The van der Waals surface area contributed by atoms with Crippen molar-refractivity contribution in [2.24, 2.45) is 0 Å². The summed E-state index contributed by atoms with van der Waals surface area (Å²) in [6.07, 6.45) is 1.55. The van der Waals surface area contributed by atoms with Crippen molar-refractivity contribution in [2.45, 2.75) is 13.5 Å². The summed E-state index contributed by atoms with van der Waals surface area (Å²) in [7, 11) is 1.57. The van der Waals surface area contributed by atoms with Gasteiger partial charge in [-0.15, -0.1) is 24.8 Å². The molecule has 0 saturated carbocycles. The molecule has 4 aromatic rings. The Hall–Kier alpha value is -3.30. The number of nitrogens with zero attached hydrogens (tertiary/aromatic N) is 3. The second-order valence-corrected chi connectivity index (χ2v) is 8.69. The molecule has 8 nitrogen and oxygen atoms in total. The van der Waals surface area contributed by atoms with E-state index < -0.39 is 6.03 Å². The number of ether oxygens (including phenoxy) is 1. The van der Waals surface area contributed by atoms with Crippen LogP contribution in [0.25, 0.3) is 10.9 Å². The number of urea groups is 1. The Morgan fingerprint density at radius 3 is 2.53 bits per heavy atom. The molecule has 0 atom stereocenters. The number of pyridine rings is 2. The quantitative estimate of drug-likeness (QED) is 0.255. The van der Waals surface area contributed by atoms with E-state index in [4.69, 9.17) is 27.9 Å². The number of fused-ring (bicyclic) bond motifs is 1. The lowest BCUT2D eigenvalue weighted by Crippen LogP contribution is -2.40. The molecule has 200 valence electrons. The number of carbonyl (C=O) groups excluding carboxylic acids is 2. The second kappa shape index (κ2) is 14.0. The predicted molar refractivity (Wildman–Crippen MR) is 156 cm³/mol. The van der Waals surface area contributed by atoms with Crippen LogP contribution in [-0.4, -0.2) is 35.5 Å². The minimum absolute atomic E-state index is 0. The molecule has 2 aromatic carbocycles. The lowest BCUT2D eigenvalue weighted by Gasteiger charge is -2.21. The summed E-state index contributed by atoms with van der Waals surface area (Å²) in [6.45, 7) is 1.74. The fourth-order valence-electron chi connectivity index (χ4n) is 3.47. The number of carbonyl (C=O) groups is 2. The number of hydrogen-bond donors (Lipinski definition) is 2. The van der Waals surface area contributed by atoms with Crippen molar-refractivity contribution < 1.29 is 14.3 Å². The molecule has 0 radical (unpaired) electrons. The zero-order valence-corrected chi connectivity index (χ0v) is 23.5. The first-order chi connectivity index (χ1) is 17.3. The lowest BCUT2D eigenvalue weighted by atomic mass is 10.1. The Labute approximate surface area is 242 Å². The third-order valence-corrected chi connectivity index (χ3v) is 6.18. The maximum absolute atomic E-state index is 12.7. The highest BCUT2D eigenvalue weighted by Gasteiger charge is 2.19. The van der Waals surface area contributed by atoms with Crippen molar-refractivity contribution in [1.82, 2.24) is 15.3 Å². The van der Waals surface area contributed by atoms with E-state index in [0.717, 1.165) is 16.6 Å². The highest BCUT2D eigenvalue weighted by atomic mass is 35.5. The molecule has 2 aromatic heterocycles. The lowest BCUT2D eigenvalue weighted by molar-refractivity contribution is -0.117. The Bertz CT molecular complexity index is 1420. The number of halogens is 4. The molecular formula is C26H25Cl4N5O3. The third kappa shape index (κ3) is 7.39. The van der Waals surface area contributed by atoms with Crippen LogP contribution < -0.4 is 20.3 Å². The molecule has 0 spiro atoms. The fourth-order valence-corrected chi connectivity index (χ4v) is 4.07. The number of likely N-dealkylation sites (N-methyl/N-ethyl adjacent to an activating group) is 1. The number of nitrogens with one attached hydrogen (secondary N) is 2. The van der Waals surface area contributed by atoms with Crippen LogP contribution >= 0.6 is 48.0 Å². The number of anilines is 2. The monoisotopic (exact) mass is 595 g/mol. The Balaban J connectivity index is 0.00000253. The first-order valence-electron chi connectivity index (χ1n) is 11.0. The summed E-state index contributed by atoms with van der Waals surface area (Å²) < 4.78 is 6.05. The molecule has 2 heterocycles. The number of para-hydroxylation sites is 1. The van der Waals surface area contributed by atoms with Crippen LogP contribution in [0, 0.1) is 6.92 Å². The van der Waals surface area contributed by atoms with E-state index in [-0.39, 0.29) is 48.9 Å². The van der Waals surface area contributed by atoms with Crippen LogP contribution in [0.1, 0.15) is 11.3 Å². The van der Waals surface area contributed by atoms with E-state index in [1.807, 2.05) is 37.3 Å². The first kappa shape index (κ1) is 30.9. The van der Waals surface area contributed by atoms with E-state index in [2.05, 4.69) is 20.6 Å². The number of rotatable bonds is 7. The van der Waals surface area contributed by atoms with Gasteiger partial charge in [0.1, 0.15) is 23.7 Å². The van der Waals surface area contributed by atoms with E-state index in [1.54, 1.807) is 43.6 Å². The van der Waals surface area contributed by atoms with Crippen molar-refractivity contribution in [1.29, 1.82) is 0 Å². The van der Waals surface area contributed by atoms with Gasteiger partial charge in [-0.1, -0.05) is 47.5 Å². The SMILES string of the molecule is Cc1ccc2cccc(OCc3c(Cl)ccc(N(C)C(=O)CNC(=O)Nc4ccccn4)c3Cl)c2n1.Cl.Cl. The van der Waals surface area contributed by atoms with Crippen molar-refractivity contribution in [3.05, 3.63) is 88.2 Å². The molecule has 0 aliphatic heterocycles. The maximum Gasteiger partial charge on any atom is 0.320 e. The van der Waals surface area contributed by atoms with Gasteiger partial charge in [0, 0.05) is 34.9 Å². The minimum Gasteiger partial charge on any atom is -0.487 e. The van der Waals surface area contributed by atoms with Crippen molar-refractivity contribution >= 4 is 82.4 Å². The molecule has 2 N–H and O–H groups in total. The van der Waals surface area contributed by atoms with Gasteiger partial charge in [0.15, 0.2) is 0 Å². The highest BCUT2D eigenvalue weighted by Crippen LogP contribution is 2.35. The smallest absolute Gasteiger partial charge is 0.320 e. The molecule has 0 fully saturated rings. The van der Waals surface area contributed by atoms with Crippen LogP contribution in [0.5, 0.6) is 5.75 Å². The van der Waals surface area contributed by atoms with E-state index in [1.165, 1.54) is 4.90 Å². The van der Waals surface area contributed by atoms with Crippen LogP contribution in [0.3, 0.4) is 0 Å². The standard InChI is InChI=1S/C26H23Cl2N5O3.2ClH/c1-16-9-10-17-6-5-7-21(25(17)31-16)36-15-18-19(27)11-12-20(24(18)28)33(2)23(34)14-30-26(35)32-22-8-3-4-13-29-22;;/h3-13H,14-15H2,1-2H3,(H2,29,30,32,35);2*1H. The van der Waals surface area contributed by atoms with Gasteiger partial charge in [-0.2, -0.15) is 0 Å². The minimum atomic E-state index is -0.550. The first-order valence-corrected chi connectivity index (χ1v) is 11.8. The van der Waals surface area contributed by atoms with Gasteiger partial charge in [0.2, 0.25) is 5.91 Å². The largest absolute Gasteiger partial charge is 0.487 e. The molecule has 0 saturated heterocycles. The number of amides is 3. The van der Waals surface area contributed by atoms with Crippen LogP contribution in [0.2, 0.25) is 10.0 Å². The Kier molecular flexibility index (Phi) is 11.4.